The van der Waals surface area contributed by atoms with E-state index in [1.807, 2.05) is 12.1 Å². The van der Waals surface area contributed by atoms with E-state index in [0.29, 0.717) is 6.42 Å². The Morgan fingerprint density at radius 2 is 2.00 bits per heavy atom. The van der Waals surface area contributed by atoms with Crippen molar-refractivity contribution in [1.82, 2.24) is 0 Å². The highest BCUT2D eigenvalue weighted by Crippen LogP contribution is 2.31. The predicted octanol–water partition coefficient (Wildman–Crippen LogP) is 5.21. The molecule has 0 aliphatic carbocycles. The summed E-state index contributed by atoms with van der Waals surface area (Å²) in [5.41, 5.74) is 3.37. The van der Waals surface area contributed by atoms with E-state index < -0.39 is 0 Å². The third kappa shape index (κ3) is 4.24. The fraction of sp³-hybridized carbons (Fsp3) is 0.588. The molecule has 0 radical (unpaired) electrons. The molecule has 1 unspecified atom stereocenters. The number of halogens is 1. The molecule has 0 aromatic heterocycles. The van der Waals surface area contributed by atoms with Crippen molar-refractivity contribution >= 4 is 23.2 Å². The van der Waals surface area contributed by atoms with Crippen molar-refractivity contribution in [3.05, 3.63) is 29.3 Å². The van der Waals surface area contributed by atoms with Crippen LogP contribution < -0.4 is 5.32 Å². The van der Waals surface area contributed by atoms with Gasteiger partial charge in [-0.2, -0.15) is 0 Å². The molecular weight excluding hydrogens is 270 g/mol. The summed E-state index contributed by atoms with van der Waals surface area (Å²) in [6, 6.07) is 6.21. The number of benzene rings is 1. The molecule has 1 heterocycles. The zero-order chi connectivity index (χ0) is 14.4. The first kappa shape index (κ1) is 15.4. The summed E-state index contributed by atoms with van der Waals surface area (Å²) in [5.74, 6) is 0.114. The van der Waals surface area contributed by atoms with E-state index >= 15 is 0 Å². The van der Waals surface area contributed by atoms with Crippen molar-refractivity contribution in [2.75, 3.05) is 5.32 Å². The zero-order valence-electron chi connectivity index (χ0n) is 12.3. The minimum absolute atomic E-state index is 0.0968. The number of hydrogen-bond acceptors (Lipinski definition) is 1. The molecule has 2 nitrogen and oxygen atoms in total. The highest BCUT2D eigenvalue weighted by atomic mass is 35.5. The van der Waals surface area contributed by atoms with Crippen molar-refractivity contribution < 1.29 is 4.79 Å². The molecule has 0 saturated heterocycles. The Labute approximate surface area is 126 Å². The van der Waals surface area contributed by atoms with Gasteiger partial charge in [-0.1, -0.05) is 51.2 Å². The van der Waals surface area contributed by atoms with Crippen LogP contribution in [0.1, 0.15) is 68.4 Å². The highest BCUT2D eigenvalue weighted by Gasteiger charge is 2.16. The van der Waals surface area contributed by atoms with E-state index in [2.05, 4.69) is 18.3 Å². The average Bonchev–Trinajstić information content (AvgIpc) is 2.46. The number of alkyl halides is 1. The van der Waals surface area contributed by atoms with Crippen molar-refractivity contribution in [2.45, 2.75) is 63.7 Å². The lowest BCUT2D eigenvalue weighted by Gasteiger charge is -2.19. The molecule has 1 aromatic rings. The van der Waals surface area contributed by atoms with E-state index in [9.17, 15) is 4.79 Å². The second kappa shape index (κ2) is 7.68. The molecule has 0 fully saturated rings. The molecule has 1 N–H and O–H groups in total. The second-order valence-corrected chi connectivity index (χ2v) is 6.16. The van der Waals surface area contributed by atoms with Gasteiger partial charge in [0, 0.05) is 12.1 Å². The molecular formula is C17H24ClNO. The van der Waals surface area contributed by atoms with Crippen molar-refractivity contribution in [3.63, 3.8) is 0 Å². The molecule has 0 spiro atoms. The molecule has 1 atom stereocenters. The van der Waals surface area contributed by atoms with Gasteiger partial charge in [0.15, 0.2) is 0 Å². The van der Waals surface area contributed by atoms with Gasteiger partial charge >= 0.3 is 0 Å². The van der Waals surface area contributed by atoms with Gasteiger partial charge in [0.1, 0.15) is 0 Å². The van der Waals surface area contributed by atoms with Crippen LogP contribution in [-0.2, 0) is 11.2 Å². The minimum atomic E-state index is 0.0968. The van der Waals surface area contributed by atoms with E-state index in [1.54, 1.807) is 0 Å². The normalized spacial score (nSPS) is 15.6. The number of fused-ring (bicyclic) bond motifs is 1. The standard InChI is InChI=1S/C17H24ClNO/c1-2-3-4-5-6-7-15(18)13-8-10-16-14(12-13)9-11-17(20)19-16/h8,10,12,15H,2-7,9,11H2,1H3,(H,19,20). The summed E-state index contributed by atoms with van der Waals surface area (Å²) in [5, 5.41) is 3.01. The fourth-order valence-electron chi connectivity index (χ4n) is 2.69. The molecule has 1 amide bonds. The van der Waals surface area contributed by atoms with Gasteiger partial charge in [-0.15, -0.1) is 11.6 Å². The van der Waals surface area contributed by atoms with Gasteiger partial charge in [-0.3, -0.25) is 4.79 Å². The summed E-state index contributed by atoms with van der Waals surface area (Å²) in [6.07, 6.45) is 8.84. The molecule has 1 aromatic carbocycles. The van der Waals surface area contributed by atoms with Crippen LogP contribution >= 0.6 is 11.6 Å². The van der Waals surface area contributed by atoms with Crippen molar-refractivity contribution in [2.24, 2.45) is 0 Å². The number of aryl methyl sites for hydroxylation is 1. The quantitative estimate of drug-likeness (QED) is 0.542. The molecule has 1 aliphatic rings. The van der Waals surface area contributed by atoms with Gasteiger partial charge < -0.3 is 5.32 Å². The van der Waals surface area contributed by atoms with E-state index in [4.69, 9.17) is 11.6 Å². The summed E-state index contributed by atoms with van der Waals surface area (Å²) in [7, 11) is 0. The van der Waals surface area contributed by atoms with Crippen molar-refractivity contribution in [1.29, 1.82) is 0 Å². The number of nitrogens with one attached hydrogen (secondary N) is 1. The Bertz CT molecular complexity index is 458. The predicted molar refractivity (Wildman–Crippen MR) is 85.4 cm³/mol. The lowest BCUT2D eigenvalue weighted by atomic mass is 9.97. The molecule has 0 saturated carbocycles. The smallest absolute Gasteiger partial charge is 0.224 e. The number of rotatable bonds is 7. The lowest BCUT2D eigenvalue weighted by Crippen LogP contribution is -2.19. The van der Waals surface area contributed by atoms with Crippen molar-refractivity contribution in [3.8, 4) is 0 Å². The summed E-state index contributed by atoms with van der Waals surface area (Å²) < 4.78 is 0. The largest absolute Gasteiger partial charge is 0.326 e. The van der Waals surface area contributed by atoms with Crippen LogP contribution in [0.25, 0.3) is 0 Å². The minimum Gasteiger partial charge on any atom is -0.326 e. The Morgan fingerprint density at radius 1 is 1.20 bits per heavy atom. The number of hydrogen-bond donors (Lipinski definition) is 1. The van der Waals surface area contributed by atoms with Crippen LogP contribution in [0.15, 0.2) is 18.2 Å². The van der Waals surface area contributed by atoms with Crippen LogP contribution in [0.5, 0.6) is 0 Å². The van der Waals surface area contributed by atoms with Crippen LogP contribution in [0.3, 0.4) is 0 Å². The average molecular weight is 294 g/mol. The Morgan fingerprint density at radius 3 is 2.80 bits per heavy atom. The Balaban J connectivity index is 1.87. The van der Waals surface area contributed by atoms with Gasteiger partial charge in [0.25, 0.3) is 0 Å². The number of unbranched alkanes of at least 4 members (excludes halogenated alkanes) is 4. The Kier molecular flexibility index (Phi) is 5.90. The van der Waals surface area contributed by atoms with E-state index in [1.165, 1.54) is 43.2 Å². The third-order valence-electron chi connectivity index (χ3n) is 3.95. The SMILES string of the molecule is CCCCCCCC(Cl)c1ccc2c(c1)CCC(=O)N2. The van der Waals surface area contributed by atoms with Gasteiger partial charge in [0.2, 0.25) is 5.91 Å². The van der Waals surface area contributed by atoms with Crippen LogP contribution in [0.4, 0.5) is 5.69 Å². The lowest BCUT2D eigenvalue weighted by molar-refractivity contribution is -0.116. The summed E-state index contributed by atoms with van der Waals surface area (Å²) in [4.78, 5) is 11.3. The number of carbonyl (C=O) groups is 1. The molecule has 3 heteroatoms. The third-order valence-corrected chi connectivity index (χ3v) is 4.42. The number of carbonyl (C=O) groups excluding carboxylic acids is 1. The fourth-order valence-corrected chi connectivity index (χ4v) is 2.98. The highest BCUT2D eigenvalue weighted by molar-refractivity contribution is 6.20. The Hall–Kier alpha value is -1.02. The first-order valence-corrected chi connectivity index (χ1v) is 8.21. The molecule has 1 aliphatic heterocycles. The topological polar surface area (TPSA) is 29.1 Å². The van der Waals surface area contributed by atoms with Crippen LogP contribution in [0.2, 0.25) is 0 Å². The maximum absolute atomic E-state index is 11.3. The first-order valence-electron chi connectivity index (χ1n) is 7.77. The summed E-state index contributed by atoms with van der Waals surface area (Å²) in [6.45, 7) is 2.23. The first-order chi connectivity index (χ1) is 9.70. The maximum Gasteiger partial charge on any atom is 0.224 e. The molecule has 2 rings (SSSR count). The second-order valence-electron chi connectivity index (χ2n) is 5.64. The zero-order valence-corrected chi connectivity index (χ0v) is 13.0. The van der Waals surface area contributed by atoms with Gasteiger partial charge in [-0.25, -0.2) is 0 Å². The summed E-state index contributed by atoms with van der Waals surface area (Å²) >= 11 is 6.50. The number of anilines is 1. The van der Waals surface area contributed by atoms with Gasteiger partial charge in [-0.05, 0) is 30.0 Å². The number of amides is 1. The van der Waals surface area contributed by atoms with E-state index in [0.717, 1.165) is 18.5 Å². The monoisotopic (exact) mass is 293 g/mol. The van der Waals surface area contributed by atoms with E-state index in [-0.39, 0.29) is 11.3 Å². The molecule has 0 bridgehead atoms. The van der Waals surface area contributed by atoms with Crippen LogP contribution in [-0.4, -0.2) is 5.91 Å². The van der Waals surface area contributed by atoms with Gasteiger partial charge in [0.05, 0.1) is 5.38 Å². The molecule has 110 valence electrons. The van der Waals surface area contributed by atoms with Crippen LogP contribution in [0, 0.1) is 0 Å². The maximum atomic E-state index is 11.3. The molecule has 20 heavy (non-hydrogen) atoms.